The number of nitrogens with zero attached hydrogens (tertiary/aromatic N) is 5. The number of aromatic nitrogens is 4. The van der Waals surface area contributed by atoms with Crippen LogP contribution in [0.5, 0.6) is 0 Å². The first-order valence-corrected chi connectivity index (χ1v) is 11.4. The first-order chi connectivity index (χ1) is 14.6. The maximum absolute atomic E-state index is 8.94. The van der Waals surface area contributed by atoms with E-state index in [4.69, 9.17) is 15.2 Å². The van der Waals surface area contributed by atoms with E-state index in [2.05, 4.69) is 44.8 Å². The fourth-order valence-electron chi connectivity index (χ4n) is 4.92. The molecular formula is C21H26N8S. The second kappa shape index (κ2) is 7.85. The molecule has 0 aromatic carbocycles. The molecule has 0 aliphatic carbocycles. The van der Waals surface area contributed by atoms with E-state index < -0.39 is 0 Å². The Bertz CT molecular complexity index is 1080. The minimum absolute atomic E-state index is 0.361. The third-order valence-electron chi connectivity index (χ3n) is 6.17. The zero-order chi connectivity index (χ0) is 20.7. The Hall–Kier alpha value is -2.70. The zero-order valence-corrected chi connectivity index (χ0v) is 18.1. The third-order valence-corrected chi connectivity index (χ3v) is 7.11. The Balaban J connectivity index is 1.37. The smallest absolute Gasteiger partial charge is 0.226 e. The molecule has 3 aromatic heterocycles. The monoisotopic (exact) mass is 422 g/mol. The van der Waals surface area contributed by atoms with Gasteiger partial charge in [-0.05, 0) is 45.6 Å². The molecule has 156 valence electrons. The van der Waals surface area contributed by atoms with Gasteiger partial charge < -0.3 is 10.6 Å². The number of aromatic amines is 1. The predicted octanol–water partition coefficient (Wildman–Crippen LogP) is 4.10. The number of thiophene rings is 1. The van der Waals surface area contributed by atoms with Crippen LogP contribution in [0.3, 0.4) is 0 Å². The second-order valence-electron chi connectivity index (χ2n) is 8.38. The summed E-state index contributed by atoms with van der Waals surface area (Å²) in [5, 5.41) is 24.2. The van der Waals surface area contributed by atoms with Crippen molar-refractivity contribution in [3.63, 3.8) is 0 Å². The number of fused-ring (bicyclic) bond motifs is 3. The maximum Gasteiger partial charge on any atom is 0.226 e. The molecule has 0 saturated carbocycles. The lowest BCUT2D eigenvalue weighted by Gasteiger charge is -2.38. The van der Waals surface area contributed by atoms with Crippen LogP contribution in [-0.4, -0.2) is 49.7 Å². The highest BCUT2D eigenvalue weighted by molar-refractivity contribution is 7.18. The maximum atomic E-state index is 8.94. The summed E-state index contributed by atoms with van der Waals surface area (Å²) in [6, 6.07) is 7.87. The van der Waals surface area contributed by atoms with E-state index >= 15 is 0 Å². The van der Waals surface area contributed by atoms with Gasteiger partial charge in [0.25, 0.3) is 0 Å². The first kappa shape index (κ1) is 19.3. The molecule has 0 spiro atoms. The molecule has 9 heteroatoms. The number of anilines is 3. The van der Waals surface area contributed by atoms with Crippen molar-refractivity contribution in [2.45, 2.75) is 64.1 Å². The van der Waals surface area contributed by atoms with Crippen LogP contribution in [0.25, 0.3) is 10.2 Å². The summed E-state index contributed by atoms with van der Waals surface area (Å²) in [5.41, 5.74) is 1.00. The third kappa shape index (κ3) is 3.73. The molecule has 2 bridgehead atoms. The average molecular weight is 423 g/mol. The molecule has 3 N–H and O–H groups in total. The van der Waals surface area contributed by atoms with Gasteiger partial charge in [-0.1, -0.05) is 0 Å². The summed E-state index contributed by atoms with van der Waals surface area (Å²) in [6.07, 6.45) is 5.22. The van der Waals surface area contributed by atoms with Gasteiger partial charge in [0, 0.05) is 47.7 Å². The standard InChI is InChI=1S/C21H26N8S/c1-12-8-18(28-27-12)24-19-17-9-13(2)30-20(17)26-21(25-19)23-14-10-15-4-5-16(11-14)29(15)7-3-6-22/h8-9,14-16H,3-5,7,10-11H2,1-2H3,(H3,23,24,25,26,27,28). The molecule has 8 nitrogen and oxygen atoms in total. The van der Waals surface area contributed by atoms with Crippen LogP contribution in [0.15, 0.2) is 12.1 Å². The Morgan fingerprint density at radius 2 is 2.03 bits per heavy atom. The molecule has 2 unspecified atom stereocenters. The van der Waals surface area contributed by atoms with Crippen molar-refractivity contribution in [1.29, 1.82) is 5.26 Å². The van der Waals surface area contributed by atoms with Crippen LogP contribution in [0.2, 0.25) is 0 Å². The van der Waals surface area contributed by atoms with E-state index in [1.54, 1.807) is 11.3 Å². The summed E-state index contributed by atoms with van der Waals surface area (Å²) in [5.74, 6) is 2.22. The largest absolute Gasteiger partial charge is 0.351 e. The first-order valence-electron chi connectivity index (χ1n) is 10.6. The number of nitriles is 1. The summed E-state index contributed by atoms with van der Waals surface area (Å²) in [6.45, 7) is 4.97. The van der Waals surface area contributed by atoms with Crippen LogP contribution in [0, 0.1) is 25.2 Å². The van der Waals surface area contributed by atoms with E-state index in [0.717, 1.165) is 46.9 Å². The molecule has 2 aliphatic heterocycles. The number of nitrogens with one attached hydrogen (secondary N) is 3. The van der Waals surface area contributed by atoms with E-state index in [1.807, 2.05) is 13.0 Å². The lowest BCUT2D eigenvalue weighted by Crippen LogP contribution is -2.47. The van der Waals surface area contributed by atoms with Gasteiger partial charge in [-0.2, -0.15) is 15.3 Å². The van der Waals surface area contributed by atoms with Crippen LogP contribution >= 0.6 is 11.3 Å². The zero-order valence-electron chi connectivity index (χ0n) is 17.3. The predicted molar refractivity (Wildman–Crippen MR) is 119 cm³/mol. The van der Waals surface area contributed by atoms with Crippen molar-refractivity contribution in [3.8, 4) is 6.07 Å². The summed E-state index contributed by atoms with van der Waals surface area (Å²) in [4.78, 5) is 14.4. The average Bonchev–Trinajstić information content (AvgIpc) is 3.35. The summed E-state index contributed by atoms with van der Waals surface area (Å²) in [7, 11) is 0. The molecule has 0 amide bonds. The van der Waals surface area contributed by atoms with Crippen LogP contribution in [0.4, 0.5) is 17.6 Å². The molecule has 3 aromatic rings. The van der Waals surface area contributed by atoms with Crippen LogP contribution in [-0.2, 0) is 0 Å². The molecule has 30 heavy (non-hydrogen) atoms. The molecule has 2 atom stereocenters. The molecule has 5 heterocycles. The Morgan fingerprint density at radius 3 is 2.73 bits per heavy atom. The van der Waals surface area contributed by atoms with Gasteiger partial charge in [0.2, 0.25) is 5.95 Å². The van der Waals surface area contributed by atoms with E-state index in [0.29, 0.717) is 30.5 Å². The SMILES string of the molecule is Cc1cc(Nc2nc(NC3CC4CCC(C3)N4CCC#N)nc3sc(C)cc23)n[nH]1. The van der Waals surface area contributed by atoms with Crippen LogP contribution < -0.4 is 10.6 Å². The number of piperidine rings is 1. The topological polar surface area (TPSA) is 106 Å². The van der Waals surface area contributed by atoms with Crippen molar-refractivity contribution in [3.05, 3.63) is 22.7 Å². The summed E-state index contributed by atoms with van der Waals surface area (Å²) < 4.78 is 0. The van der Waals surface area contributed by atoms with Crippen molar-refractivity contribution in [1.82, 2.24) is 25.1 Å². The van der Waals surface area contributed by atoms with E-state index in [1.165, 1.54) is 17.7 Å². The molecule has 2 aliphatic rings. The molecule has 5 rings (SSSR count). The lowest BCUT2D eigenvalue weighted by atomic mass is 9.97. The highest BCUT2D eigenvalue weighted by atomic mass is 32.1. The normalized spacial score (nSPS) is 23.6. The van der Waals surface area contributed by atoms with Gasteiger partial charge in [0.15, 0.2) is 5.82 Å². The van der Waals surface area contributed by atoms with Crippen molar-refractivity contribution in [2.75, 3.05) is 17.2 Å². The van der Waals surface area contributed by atoms with Gasteiger partial charge >= 0.3 is 0 Å². The van der Waals surface area contributed by atoms with Crippen LogP contribution in [0.1, 0.15) is 42.7 Å². The van der Waals surface area contributed by atoms with Gasteiger partial charge in [-0.15, -0.1) is 11.3 Å². The minimum Gasteiger partial charge on any atom is -0.351 e. The molecular weight excluding hydrogens is 396 g/mol. The Labute approximate surface area is 179 Å². The van der Waals surface area contributed by atoms with E-state index in [-0.39, 0.29) is 0 Å². The van der Waals surface area contributed by atoms with Crippen molar-refractivity contribution < 1.29 is 0 Å². The van der Waals surface area contributed by atoms with Gasteiger partial charge in [0.05, 0.1) is 11.5 Å². The lowest BCUT2D eigenvalue weighted by molar-refractivity contribution is 0.135. The highest BCUT2D eigenvalue weighted by Gasteiger charge is 2.40. The van der Waals surface area contributed by atoms with Gasteiger partial charge in [-0.25, -0.2) is 4.98 Å². The second-order valence-corrected chi connectivity index (χ2v) is 9.61. The fraction of sp³-hybridized carbons (Fsp3) is 0.524. The van der Waals surface area contributed by atoms with Crippen molar-refractivity contribution in [2.24, 2.45) is 0 Å². The van der Waals surface area contributed by atoms with Gasteiger partial charge in [-0.3, -0.25) is 10.00 Å². The number of rotatable bonds is 6. The highest BCUT2D eigenvalue weighted by Crippen LogP contribution is 2.37. The van der Waals surface area contributed by atoms with E-state index in [9.17, 15) is 0 Å². The number of aryl methyl sites for hydroxylation is 2. The number of hydrogen-bond acceptors (Lipinski definition) is 8. The fourth-order valence-corrected chi connectivity index (χ4v) is 5.80. The Kier molecular flexibility index (Phi) is 5.05. The quantitative estimate of drug-likeness (QED) is 0.549. The molecule has 2 saturated heterocycles. The van der Waals surface area contributed by atoms with Gasteiger partial charge in [0.1, 0.15) is 10.6 Å². The number of H-pyrrole nitrogens is 1. The minimum atomic E-state index is 0.361. The summed E-state index contributed by atoms with van der Waals surface area (Å²) >= 11 is 1.68. The van der Waals surface area contributed by atoms with Crippen molar-refractivity contribution >= 4 is 39.1 Å². The molecule has 0 radical (unpaired) electrons. The number of hydrogen-bond donors (Lipinski definition) is 3. The molecule has 2 fully saturated rings. The Morgan fingerprint density at radius 1 is 1.23 bits per heavy atom.